The molecule has 238 valence electrons. The van der Waals surface area contributed by atoms with Gasteiger partial charge in [0, 0.05) is 43.1 Å². The minimum Gasteiger partial charge on any atom is -0.497 e. The van der Waals surface area contributed by atoms with Gasteiger partial charge < -0.3 is 19.3 Å². The third-order valence-corrected chi connectivity index (χ3v) is 7.71. The summed E-state index contributed by atoms with van der Waals surface area (Å²) in [5.41, 5.74) is 0.348. The number of hydrogen-bond donors (Lipinski definition) is 0. The second-order valence-electron chi connectivity index (χ2n) is 12.1. The predicted molar refractivity (Wildman–Crippen MR) is 164 cm³/mol. The first-order valence-corrected chi connectivity index (χ1v) is 14.9. The number of methoxy groups -OCH3 is 1. The van der Waals surface area contributed by atoms with E-state index in [2.05, 4.69) is 9.97 Å². The van der Waals surface area contributed by atoms with E-state index in [0.717, 1.165) is 24.0 Å². The average molecular weight is 620 g/mol. The van der Waals surface area contributed by atoms with Crippen LogP contribution < -0.4 is 9.80 Å². The summed E-state index contributed by atoms with van der Waals surface area (Å²) in [5.74, 6) is -0.731. The van der Waals surface area contributed by atoms with E-state index in [1.807, 2.05) is 25.7 Å². The van der Waals surface area contributed by atoms with Gasteiger partial charge in [0.25, 0.3) is 11.8 Å². The fourth-order valence-electron chi connectivity index (χ4n) is 5.33. The van der Waals surface area contributed by atoms with Gasteiger partial charge in [0.2, 0.25) is 0 Å². The van der Waals surface area contributed by atoms with E-state index < -0.39 is 17.3 Å². The highest BCUT2D eigenvalue weighted by Gasteiger charge is 2.40. The number of carbonyl (C=O) groups excluding carboxylic acids is 3. The molecule has 3 aromatic rings. The first-order valence-electron chi connectivity index (χ1n) is 14.9. The van der Waals surface area contributed by atoms with Crippen LogP contribution in [0.5, 0.6) is 5.75 Å². The molecular formula is C33H38FN5O6. The number of hydrogen-bond acceptors (Lipinski definition) is 8. The maximum absolute atomic E-state index is 15.3. The molecule has 11 nitrogen and oxygen atoms in total. The van der Waals surface area contributed by atoms with Crippen LogP contribution in [0.2, 0.25) is 0 Å². The van der Waals surface area contributed by atoms with Crippen molar-refractivity contribution in [3.63, 3.8) is 0 Å². The molecule has 2 heterocycles. The summed E-state index contributed by atoms with van der Waals surface area (Å²) >= 11 is 0. The predicted octanol–water partition coefficient (Wildman–Crippen LogP) is 5.50. The van der Waals surface area contributed by atoms with E-state index in [0.29, 0.717) is 42.9 Å². The Bertz CT molecular complexity index is 1530. The second-order valence-corrected chi connectivity index (χ2v) is 12.1. The topological polar surface area (TPSA) is 114 Å². The zero-order valence-corrected chi connectivity index (χ0v) is 26.2. The first-order chi connectivity index (χ1) is 21.5. The van der Waals surface area contributed by atoms with E-state index in [9.17, 15) is 14.4 Å². The summed E-state index contributed by atoms with van der Waals surface area (Å²) in [4.78, 5) is 56.7. The van der Waals surface area contributed by atoms with Crippen molar-refractivity contribution < 1.29 is 33.1 Å². The molecule has 1 aliphatic carbocycles. The molecule has 0 N–H and O–H groups in total. The standard InChI is InChI=1S/C33H38FN5O6/c1-33(2,3)45-32(42)37-16-14-24(15-17-37)38(23-7-8-23)30(40)22-19-35-29(36-20-22)27-13-6-21(18-28(27)34)31(41)39(44-5)25-9-11-26(43-4)12-10-25/h6,9-13,18-20,23-24H,7-8,14-17H2,1-5H3. The van der Waals surface area contributed by atoms with E-state index >= 15 is 4.39 Å². The number of nitrogens with zero attached hydrogens (tertiary/aromatic N) is 5. The normalized spacial score (nSPS) is 15.4. The summed E-state index contributed by atoms with van der Waals surface area (Å²) < 4.78 is 25.9. The Hall–Kier alpha value is -4.58. The van der Waals surface area contributed by atoms with Gasteiger partial charge in [-0.15, -0.1) is 0 Å². The molecule has 1 aliphatic heterocycles. The SMILES string of the molecule is COc1ccc(N(OC)C(=O)c2ccc(-c3ncc(C(=O)N(C4CC4)C4CCN(C(=O)OC(C)(C)C)CC4)cn3)c(F)c2)cc1. The lowest BCUT2D eigenvalue weighted by Gasteiger charge is -2.39. The smallest absolute Gasteiger partial charge is 0.410 e. The van der Waals surface area contributed by atoms with Gasteiger partial charge in [-0.05, 0) is 88.9 Å². The van der Waals surface area contributed by atoms with Crippen molar-refractivity contribution in [1.29, 1.82) is 0 Å². The van der Waals surface area contributed by atoms with Crippen LogP contribution in [0.4, 0.5) is 14.9 Å². The lowest BCUT2D eigenvalue weighted by Crippen LogP contribution is -2.50. The molecule has 0 atom stereocenters. The number of hydroxylamine groups is 1. The molecule has 1 aromatic heterocycles. The fraction of sp³-hybridized carbons (Fsp3) is 0.424. The van der Waals surface area contributed by atoms with Crippen molar-refractivity contribution >= 4 is 23.6 Å². The number of likely N-dealkylation sites (tertiary alicyclic amines) is 1. The minimum atomic E-state index is -0.693. The summed E-state index contributed by atoms with van der Waals surface area (Å²) in [6.07, 6.45) is 5.62. The summed E-state index contributed by atoms with van der Waals surface area (Å²) in [6, 6.07) is 10.8. The Kier molecular flexibility index (Phi) is 9.33. The molecule has 2 aromatic carbocycles. The van der Waals surface area contributed by atoms with Gasteiger partial charge in [0.1, 0.15) is 17.2 Å². The van der Waals surface area contributed by atoms with Crippen LogP contribution in [0.25, 0.3) is 11.4 Å². The zero-order valence-electron chi connectivity index (χ0n) is 26.2. The number of anilines is 1. The van der Waals surface area contributed by atoms with Gasteiger partial charge in [0.05, 0.1) is 31.0 Å². The number of aromatic nitrogens is 2. The Morgan fingerprint density at radius 2 is 1.49 bits per heavy atom. The molecule has 0 radical (unpaired) electrons. The van der Waals surface area contributed by atoms with Gasteiger partial charge in [-0.2, -0.15) is 5.06 Å². The van der Waals surface area contributed by atoms with E-state index in [1.54, 1.807) is 29.2 Å². The maximum Gasteiger partial charge on any atom is 0.410 e. The number of rotatable bonds is 8. The molecule has 2 fully saturated rings. The highest BCUT2D eigenvalue weighted by Crippen LogP contribution is 2.34. The van der Waals surface area contributed by atoms with E-state index in [1.165, 1.54) is 38.7 Å². The Morgan fingerprint density at radius 3 is 2.02 bits per heavy atom. The van der Waals surface area contributed by atoms with Crippen LogP contribution in [0.15, 0.2) is 54.9 Å². The monoisotopic (exact) mass is 619 g/mol. The van der Waals surface area contributed by atoms with Crippen LogP contribution in [-0.2, 0) is 9.57 Å². The molecule has 1 saturated heterocycles. The van der Waals surface area contributed by atoms with Crippen LogP contribution in [-0.4, -0.2) is 82.7 Å². The van der Waals surface area contributed by atoms with Crippen molar-refractivity contribution in [2.45, 2.75) is 64.1 Å². The summed E-state index contributed by atoms with van der Waals surface area (Å²) in [7, 11) is 2.89. The van der Waals surface area contributed by atoms with E-state index in [-0.39, 0.29) is 41.0 Å². The molecule has 12 heteroatoms. The molecule has 1 saturated carbocycles. The number of carbonyl (C=O) groups is 3. The number of halogens is 1. The average Bonchev–Trinajstić information content (AvgIpc) is 3.86. The van der Waals surface area contributed by atoms with Gasteiger partial charge >= 0.3 is 6.09 Å². The highest BCUT2D eigenvalue weighted by molar-refractivity contribution is 6.05. The third kappa shape index (κ3) is 7.39. The number of amides is 3. The summed E-state index contributed by atoms with van der Waals surface area (Å²) in [6.45, 7) is 6.52. The molecule has 5 rings (SSSR count). The molecule has 0 unspecified atom stereocenters. The molecule has 0 bridgehead atoms. The van der Waals surface area contributed by atoms with Gasteiger partial charge in [-0.1, -0.05) is 0 Å². The van der Waals surface area contributed by atoms with Crippen molar-refractivity contribution in [2.75, 3.05) is 32.4 Å². The van der Waals surface area contributed by atoms with Crippen LogP contribution in [0.3, 0.4) is 0 Å². The van der Waals surface area contributed by atoms with Crippen molar-refractivity contribution in [1.82, 2.24) is 19.8 Å². The van der Waals surface area contributed by atoms with Gasteiger partial charge in [-0.3, -0.25) is 14.4 Å². The molecular weight excluding hydrogens is 581 g/mol. The highest BCUT2D eigenvalue weighted by atomic mass is 19.1. The van der Waals surface area contributed by atoms with Crippen LogP contribution >= 0.6 is 0 Å². The van der Waals surface area contributed by atoms with Crippen molar-refractivity contribution in [3.8, 4) is 17.1 Å². The van der Waals surface area contributed by atoms with Gasteiger partial charge in [0.15, 0.2) is 5.82 Å². The van der Waals surface area contributed by atoms with Crippen molar-refractivity contribution in [3.05, 3.63) is 71.8 Å². The minimum absolute atomic E-state index is 0.0181. The quantitative estimate of drug-likeness (QED) is 0.304. The number of ether oxygens (including phenoxy) is 2. The lowest BCUT2D eigenvalue weighted by molar-refractivity contribution is 0.0142. The zero-order chi connectivity index (χ0) is 32.3. The first kappa shape index (κ1) is 31.8. The third-order valence-electron chi connectivity index (χ3n) is 7.71. The van der Waals surface area contributed by atoms with Gasteiger partial charge in [-0.25, -0.2) is 19.2 Å². The second kappa shape index (κ2) is 13.2. The molecule has 2 aliphatic rings. The van der Waals surface area contributed by atoms with Crippen LogP contribution in [0.1, 0.15) is 67.2 Å². The van der Waals surface area contributed by atoms with Crippen LogP contribution in [0, 0.1) is 5.82 Å². The largest absolute Gasteiger partial charge is 0.497 e. The van der Waals surface area contributed by atoms with E-state index in [4.69, 9.17) is 14.3 Å². The Morgan fingerprint density at radius 1 is 0.867 bits per heavy atom. The molecule has 0 spiro atoms. The molecule has 3 amide bonds. The number of benzene rings is 2. The maximum atomic E-state index is 15.3. The fourth-order valence-corrected chi connectivity index (χ4v) is 5.33. The Labute approximate surface area is 261 Å². The Balaban J connectivity index is 1.26. The lowest BCUT2D eigenvalue weighted by atomic mass is 10.0. The molecule has 45 heavy (non-hydrogen) atoms. The van der Waals surface area contributed by atoms with Crippen molar-refractivity contribution in [2.24, 2.45) is 0 Å². The number of piperidine rings is 1. The summed E-state index contributed by atoms with van der Waals surface area (Å²) in [5, 5.41) is 1.05.